The van der Waals surface area contributed by atoms with Gasteiger partial charge in [0.25, 0.3) is 0 Å². The van der Waals surface area contributed by atoms with Gasteiger partial charge in [-0.2, -0.15) is 0 Å². The summed E-state index contributed by atoms with van der Waals surface area (Å²) in [6.45, 7) is 7.27. The van der Waals surface area contributed by atoms with Crippen molar-refractivity contribution in [2.75, 3.05) is 19.6 Å². The van der Waals surface area contributed by atoms with E-state index in [0.29, 0.717) is 0 Å². The number of imidazole rings is 1. The topological polar surface area (TPSA) is 50.2 Å². The third-order valence-corrected chi connectivity index (χ3v) is 3.79. The number of rotatable bonds is 3. The van der Waals surface area contributed by atoms with Crippen molar-refractivity contribution in [1.82, 2.24) is 19.8 Å². The van der Waals surface area contributed by atoms with Gasteiger partial charge in [-0.15, -0.1) is 0 Å². The lowest BCUT2D eigenvalue weighted by Crippen LogP contribution is -2.31. The van der Waals surface area contributed by atoms with Crippen molar-refractivity contribution in [3.8, 4) is 0 Å². The molecule has 5 nitrogen and oxygen atoms in total. The molecule has 2 aromatic rings. The Morgan fingerprint density at radius 1 is 1.26 bits per heavy atom. The number of fused-ring (bicyclic) bond motifs is 1. The molecule has 0 unspecified atom stereocenters. The molecule has 3 rings (SSSR count). The van der Waals surface area contributed by atoms with Gasteiger partial charge in [-0.3, -0.25) is 0 Å². The van der Waals surface area contributed by atoms with E-state index in [1.165, 1.54) is 11.1 Å². The second-order valence-electron chi connectivity index (χ2n) is 5.08. The van der Waals surface area contributed by atoms with Crippen LogP contribution in [0.2, 0.25) is 0 Å². The molecule has 2 amide bonds. The number of nitrogens with zero attached hydrogens (tertiary/aromatic N) is 3. The summed E-state index contributed by atoms with van der Waals surface area (Å²) in [5.41, 5.74) is 4.70. The summed E-state index contributed by atoms with van der Waals surface area (Å²) in [5.74, 6) is 0. The Kier molecular flexibility index (Phi) is 2.89. The summed E-state index contributed by atoms with van der Waals surface area (Å²) >= 11 is 0. The van der Waals surface area contributed by atoms with Crippen LogP contribution in [0.15, 0.2) is 18.5 Å². The molecule has 5 heteroatoms. The quantitative estimate of drug-likeness (QED) is 0.910. The molecule has 1 aromatic heterocycles. The number of urea groups is 1. The molecule has 0 saturated carbocycles. The Labute approximate surface area is 112 Å². The van der Waals surface area contributed by atoms with Crippen LogP contribution in [0.5, 0.6) is 0 Å². The zero-order valence-corrected chi connectivity index (χ0v) is 11.3. The number of hydrogen-bond donors (Lipinski definition) is 1. The summed E-state index contributed by atoms with van der Waals surface area (Å²) in [5, 5.41) is 2.82. The van der Waals surface area contributed by atoms with Crippen molar-refractivity contribution >= 4 is 17.1 Å². The number of aromatic nitrogens is 2. The molecule has 0 spiro atoms. The number of carbonyl (C=O) groups excluding carboxylic acids is 1. The molecule has 1 aromatic carbocycles. The maximum Gasteiger partial charge on any atom is 0.317 e. The average Bonchev–Trinajstić information content (AvgIpc) is 2.95. The summed E-state index contributed by atoms with van der Waals surface area (Å²) in [6, 6.07) is 4.32. The van der Waals surface area contributed by atoms with Crippen LogP contribution in [-0.4, -0.2) is 40.1 Å². The van der Waals surface area contributed by atoms with Crippen molar-refractivity contribution in [2.45, 2.75) is 20.4 Å². The minimum absolute atomic E-state index is 0.0384. The van der Waals surface area contributed by atoms with Gasteiger partial charge < -0.3 is 14.8 Å². The summed E-state index contributed by atoms with van der Waals surface area (Å²) in [4.78, 5) is 17.8. The third-order valence-electron chi connectivity index (χ3n) is 3.79. The fourth-order valence-electron chi connectivity index (χ4n) is 2.44. The zero-order chi connectivity index (χ0) is 13.4. The van der Waals surface area contributed by atoms with Crippen molar-refractivity contribution in [1.29, 1.82) is 0 Å². The normalized spacial score (nSPS) is 15.3. The first-order chi connectivity index (χ1) is 9.15. The van der Waals surface area contributed by atoms with E-state index in [1.54, 1.807) is 0 Å². The lowest BCUT2D eigenvalue weighted by Gasteiger charge is -2.14. The predicted molar refractivity (Wildman–Crippen MR) is 74.2 cm³/mol. The highest BCUT2D eigenvalue weighted by atomic mass is 16.2. The van der Waals surface area contributed by atoms with E-state index in [9.17, 15) is 4.79 Å². The van der Waals surface area contributed by atoms with E-state index in [-0.39, 0.29) is 6.03 Å². The highest BCUT2D eigenvalue weighted by Crippen LogP contribution is 2.18. The summed E-state index contributed by atoms with van der Waals surface area (Å²) in [7, 11) is 0. The first kappa shape index (κ1) is 12.0. The lowest BCUT2D eigenvalue weighted by atomic mass is 10.1. The molecule has 0 radical (unpaired) electrons. The third kappa shape index (κ3) is 2.16. The van der Waals surface area contributed by atoms with E-state index in [4.69, 9.17) is 0 Å². The Balaban J connectivity index is 1.81. The minimum Gasteiger partial charge on any atom is -0.336 e. The van der Waals surface area contributed by atoms with E-state index in [2.05, 4.69) is 40.8 Å². The Hall–Kier alpha value is -2.04. The van der Waals surface area contributed by atoms with Gasteiger partial charge in [0.1, 0.15) is 0 Å². The average molecular weight is 258 g/mol. The number of amides is 2. The van der Waals surface area contributed by atoms with Gasteiger partial charge in [-0.25, -0.2) is 9.78 Å². The van der Waals surface area contributed by atoms with E-state index < -0.39 is 0 Å². The van der Waals surface area contributed by atoms with Crippen molar-refractivity contribution in [2.24, 2.45) is 0 Å². The number of hydrogen-bond acceptors (Lipinski definition) is 2. The Bertz CT molecular complexity index is 632. The predicted octanol–water partition coefficient (Wildman–Crippen LogP) is 1.68. The molecule has 2 heterocycles. The second-order valence-corrected chi connectivity index (χ2v) is 5.08. The van der Waals surface area contributed by atoms with E-state index in [1.807, 2.05) is 11.2 Å². The monoisotopic (exact) mass is 258 g/mol. The first-order valence-electron chi connectivity index (χ1n) is 6.60. The largest absolute Gasteiger partial charge is 0.336 e. The van der Waals surface area contributed by atoms with Gasteiger partial charge in [0.15, 0.2) is 0 Å². The molecule has 1 saturated heterocycles. The maximum atomic E-state index is 11.5. The highest BCUT2D eigenvalue weighted by molar-refractivity contribution is 5.77. The number of benzene rings is 1. The van der Waals surface area contributed by atoms with E-state index >= 15 is 0 Å². The Morgan fingerprint density at radius 2 is 2.05 bits per heavy atom. The molecule has 1 aliphatic rings. The molecular weight excluding hydrogens is 240 g/mol. The minimum atomic E-state index is 0.0384. The maximum absolute atomic E-state index is 11.5. The molecule has 0 aliphatic carbocycles. The van der Waals surface area contributed by atoms with Crippen LogP contribution < -0.4 is 5.32 Å². The molecule has 100 valence electrons. The standard InChI is InChI=1S/C14H18N4O/c1-10-7-12-13(8-11(10)2)18(9-16-12)6-5-17-4-3-15-14(17)19/h7-9H,3-6H2,1-2H3,(H,15,19). The molecule has 1 fully saturated rings. The van der Waals surface area contributed by atoms with Crippen LogP contribution in [0.25, 0.3) is 11.0 Å². The number of nitrogens with one attached hydrogen (secondary N) is 1. The molecule has 0 bridgehead atoms. The van der Waals surface area contributed by atoms with E-state index in [0.717, 1.165) is 37.2 Å². The zero-order valence-electron chi connectivity index (χ0n) is 11.3. The molecule has 0 atom stereocenters. The molecule has 19 heavy (non-hydrogen) atoms. The molecule has 1 N–H and O–H groups in total. The Morgan fingerprint density at radius 3 is 2.79 bits per heavy atom. The van der Waals surface area contributed by atoms with Crippen molar-refractivity contribution < 1.29 is 4.79 Å². The van der Waals surface area contributed by atoms with Crippen LogP contribution in [0.3, 0.4) is 0 Å². The van der Waals surface area contributed by atoms with Crippen LogP contribution in [0.1, 0.15) is 11.1 Å². The van der Waals surface area contributed by atoms with Crippen molar-refractivity contribution in [3.05, 3.63) is 29.6 Å². The smallest absolute Gasteiger partial charge is 0.317 e. The van der Waals surface area contributed by atoms with Gasteiger partial charge in [0, 0.05) is 26.2 Å². The van der Waals surface area contributed by atoms with Gasteiger partial charge >= 0.3 is 6.03 Å². The lowest BCUT2D eigenvalue weighted by molar-refractivity contribution is 0.216. The summed E-state index contributed by atoms with van der Waals surface area (Å²) < 4.78 is 2.12. The van der Waals surface area contributed by atoms with Crippen LogP contribution in [-0.2, 0) is 6.54 Å². The number of aryl methyl sites for hydroxylation is 2. The summed E-state index contributed by atoms with van der Waals surface area (Å²) in [6.07, 6.45) is 1.86. The molecule has 1 aliphatic heterocycles. The molecular formula is C14H18N4O. The fraction of sp³-hybridized carbons (Fsp3) is 0.429. The fourth-order valence-corrected chi connectivity index (χ4v) is 2.44. The van der Waals surface area contributed by atoms with Gasteiger partial charge in [0.05, 0.1) is 17.4 Å². The van der Waals surface area contributed by atoms with Crippen LogP contribution >= 0.6 is 0 Å². The van der Waals surface area contributed by atoms with Gasteiger partial charge in [-0.05, 0) is 37.1 Å². The SMILES string of the molecule is Cc1cc2ncn(CCN3CCNC3=O)c2cc1C. The van der Waals surface area contributed by atoms with Crippen LogP contribution in [0, 0.1) is 13.8 Å². The second kappa shape index (κ2) is 4.57. The first-order valence-corrected chi connectivity index (χ1v) is 6.60. The highest BCUT2D eigenvalue weighted by Gasteiger charge is 2.18. The van der Waals surface area contributed by atoms with Gasteiger partial charge in [-0.1, -0.05) is 0 Å². The van der Waals surface area contributed by atoms with Crippen LogP contribution in [0.4, 0.5) is 4.79 Å². The van der Waals surface area contributed by atoms with Gasteiger partial charge in [0.2, 0.25) is 0 Å². The van der Waals surface area contributed by atoms with Crippen molar-refractivity contribution in [3.63, 3.8) is 0 Å². The number of carbonyl (C=O) groups is 1.